The highest BCUT2D eigenvalue weighted by Crippen LogP contribution is 2.18. The second kappa shape index (κ2) is 7.81. The molecule has 2 rings (SSSR count). The molecule has 4 nitrogen and oxygen atoms in total. The summed E-state index contributed by atoms with van der Waals surface area (Å²) in [6.45, 7) is 3.44. The minimum absolute atomic E-state index is 0.210. The van der Waals surface area contributed by atoms with E-state index in [-0.39, 0.29) is 11.8 Å². The van der Waals surface area contributed by atoms with E-state index in [1.807, 2.05) is 23.1 Å². The molecule has 1 saturated heterocycles. The van der Waals surface area contributed by atoms with Crippen LogP contribution in [0, 0.1) is 5.92 Å². The van der Waals surface area contributed by atoms with E-state index in [4.69, 9.17) is 5.21 Å². The van der Waals surface area contributed by atoms with Crippen molar-refractivity contribution in [3.05, 3.63) is 35.9 Å². The SMILES string of the molecule is CCC1CN(C(=O)CCCc2ccccc2)CC/C1=N\O. The number of likely N-dealkylation sites (tertiary alicyclic amines) is 1. The van der Waals surface area contributed by atoms with Crippen LogP contribution in [0.15, 0.2) is 35.5 Å². The average Bonchev–Trinajstić information content (AvgIpc) is 2.55. The molecule has 21 heavy (non-hydrogen) atoms. The summed E-state index contributed by atoms with van der Waals surface area (Å²) >= 11 is 0. The molecule has 0 bridgehead atoms. The van der Waals surface area contributed by atoms with E-state index >= 15 is 0 Å². The number of hydrogen-bond donors (Lipinski definition) is 1. The first-order valence-electron chi connectivity index (χ1n) is 7.77. The van der Waals surface area contributed by atoms with Crippen LogP contribution >= 0.6 is 0 Å². The average molecular weight is 288 g/mol. The summed E-state index contributed by atoms with van der Waals surface area (Å²) in [7, 11) is 0. The van der Waals surface area contributed by atoms with Crippen molar-refractivity contribution in [2.24, 2.45) is 11.1 Å². The van der Waals surface area contributed by atoms with Crippen LogP contribution in [-0.2, 0) is 11.2 Å². The third kappa shape index (κ3) is 4.31. The summed E-state index contributed by atoms with van der Waals surface area (Å²) in [6.07, 6.45) is 4.03. The van der Waals surface area contributed by atoms with Gasteiger partial charge in [0.15, 0.2) is 0 Å². The van der Waals surface area contributed by atoms with Crippen molar-refractivity contribution < 1.29 is 10.0 Å². The van der Waals surface area contributed by atoms with E-state index in [1.165, 1.54) is 5.56 Å². The van der Waals surface area contributed by atoms with Crippen LogP contribution in [0.5, 0.6) is 0 Å². The van der Waals surface area contributed by atoms with Crippen molar-refractivity contribution in [1.82, 2.24) is 4.90 Å². The standard InChI is InChI=1S/C17H24N2O2/c1-2-15-13-19(12-11-16(15)18-21)17(20)10-6-9-14-7-4-3-5-8-14/h3-5,7-8,15,21H,2,6,9-13H2,1H3/b18-16+. The normalized spacial score (nSPS) is 20.7. The Morgan fingerprint density at radius 2 is 2.14 bits per heavy atom. The van der Waals surface area contributed by atoms with Crippen LogP contribution in [0.1, 0.15) is 38.2 Å². The van der Waals surface area contributed by atoms with Gasteiger partial charge in [0, 0.05) is 31.8 Å². The van der Waals surface area contributed by atoms with Crippen LogP contribution in [-0.4, -0.2) is 34.8 Å². The van der Waals surface area contributed by atoms with Crippen LogP contribution in [0.3, 0.4) is 0 Å². The molecule has 114 valence electrons. The third-order valence-corrected chi connectivity index (χ3v) is 4.22. The van der Waals surface area contributed by atoms with Crippen molar-refractivity contribution in [2.45, 2.75) is 39.0 Å². The van der Waals surface area contributed by atoms with Gasteiger partial charge in [-0.05, 0) is 24.8 Å². The van der Waals surface area contributed by atoms with E-state index in [0.717, 1.165) is 25.0 Å². The fourth-order valence-corrected chi connectivity index (χ4v) is 2.89. The second-order valence-corrected chi connectivity index (χ2v) is 5.63. The van der Waals surface area contributed by atoms with Gasteiger partial charge in [-0.1, -0.05) is 42.4 Å². The minimum Gasteiger partial charge on any atom is -0.411 e. The molecule has 1 aromatic carbocycles. The Kier molecular flexibility index (Phi) is 5.78. The molecule has 0 saturated carbocycles. The van der Waals surface area contributed by atoms with Crippen molar-refractivity contribution >= 4 is 11.6 Å². The maximum atomic E-state index is 12.3. The Bertz CT molecular complexity index is 485. The molecule has 0 aromatic heterocycles. The minimum atomic E-state index is 0.210. The summed E-state index contributed by atoms with van der Waals surface area (Å²) in [5.41, 5.74) is 2.12. The predicted octanol–water partition coefficient (Wildman–Crippen LogP) is 3.10. The summed E-state index contributed by atoms with van der Waals surface area (Å²) in [5, 5.41) is 12.3. The molecule has 1 unspecified atom stereocenters. The molecule has 0 radical (unpaired) electrons. The number of nitrogens with zero attached hydrogens (tertiary/aromatic N) is 2. The molecule has 1 N–H and O–H groups in total. The van der Waals surface area contributed by atoms with Crippen LogP contribution < -0.4 is 0 Å². The Labute approximate surface area is 126 Å². The lowest BCUT2D eigenvalue weighted by molar-refractivity contribution is -0.132. The first kappa shape index (κ1) is 15.5. The van der Waals surface area contributed by atoms with E-state index < -0.39 is 0 Å². The fourth-order valence-electron chi connectivity index (χ4n) is 2.89. The maximum absolute atomic E-state index is 12.3. The number of oxime groups is 1. The largest absolute Gasteiger partial charge is 0.411 e. The molecule has 1 fully saturated rings. The number of amides is 1. The molecule has 0 aliphatic carbocycles. The summed E-state index contributed by atoms with van der Waals surface area (Å²) < 4.78 is 0. The van der Waals surface area contributed by atoms with Gasteiger partial charge >= 0.3 is 0 Å². The van der Waals surface area contributed by atoms with Gasteiger partial charge in [0.25, 0.3) is 0 Å². The zero-order chi connectivity index (χ0) is 15.1. The van der Waals surface area contributed by atoms with Gasteiger partial charge in [0.1, 0.15) is 0 Å². The monoisotopic (exact) mass is 288 g/mol. The van der Waals surface area contributed by atoms with Gasteiger partial charge in [-0.2, -0.15) is 0 Å². The first-order chi connectivity index (χ1) is 10.2. The van der Waals surface area contributed by atoms with E-state index in [0.29, 0.717) is 25.9 Å². The van der Waals surface area contributed by atoms with Gasteiger partial charge in [-0.3, -0.25) is 4.79 Å². The number of piperidine rings is 1. The van der Waals surface area contributed by atoms with Crippen LogP contribution in [0.2, 0.25) is 0 Å². The molecule has 1 atom stereocenters. The van der Waals surface area contributed by atoms with Gasteiger partial charge in [-0.25, -0.2) is 0 Å². The highest BCUT2D eigenvalue weighted by atomic mass is 16.4. The molecule has 1 heterocycles. The quantitative estimate of drug-likeness (QED) is 0.668. The van der Waals surface area contributed by atoms with Gasteiger partial charge in [-0.15, -0.1) is 0 Å². The lowest BCUT2D eigenvalue weighted by Crippen LogP contribution is -2.44. The molecule has 1 aromatic rings. The molecular formula is C17H24N2O2. The molecule has 1 aliphatic rings. The first-order valence-corrected chi connectivity index (χ1v) is 7.77. The number of hydrogen-bond acceptors (Lipinski definition) is 3. The molecule has 1 amide bonds. The summed E-state index contributed by atoms with van der Waals surface area (Å²) in [5.74, 6) is 0.434. The zero-order valence-corrected chi connectivity index (χ0v) is 12.7. The molecule has 1 aliphatic heterocycles. The van der Waals surface area contributed by atoms with Crippen molar-refractivity contribution in [2.75, 3.05) is 13.1 Å². The highest BCUT2D eigenvalue weighted by Gasteiger charge is 2.27. The lowest BCUT2D eigenvalue weighted by Gasteiger charge is -2.33. The van der Waals surface area contributed by atoms with E-state index in [9.17, 15) is 4.79 Å². The van der Waals surface area contributed by atoms with Crippen molar-refractivity contribution in [3.8, 4) is 0 Å². The van der Waals surface area contributed by atoms with Crippen LogP contribution in [0.4, 0.5) is 0 Å². The molecule has 4 heteroatoms. The Morgan fingerprint density at radius 3 is 2.81 bits per heavy atom. The van der Waals surface area contributed by atoms with Gasteiger partial charge in [0.05, 0.1) is 5.71 Å². The van der Waals surface area contributed by atoms with Gasteiger partial charge in [0.2, 0.25) is 5.91 Å². The number of carbonyl (C=O) groups excluding carboxylic acids is 1. The van der Waals surface area contributed by atoms with Crippen molar-refractivity contribution in [3.63, 3.8) is 0 Å². The molecular weight excluding hydrogens is 264 g/mol. The second-order valence-electron chi connectivity index (χ2n) is 5.63. The van der Waals surface area contributed by atoms with Gasteiger partial charge < -0.3 is 10.1 Å². The lowest BCUT2D eigenvalue weighted by atomic mass is 9.93. The zero-order valence-electron chi connectivity index (χ0n) is 12.7. The highest BCUT2D eigenvalue weighted by molar-refractivity contribution is 5.89. The summed E-state index contributed by atoms with van der Waals surface area (Å²) in [6, 6.07) is 10.3. The fraction of sp³-hybridized carbons (Fsp3) is 0.529. The Balaban J connectivity index is 1.78. The van der Waals surface area contributed by atoms with Crippen molar-refractivity contribution in [1.29, 1.82) is 0 Å². The smallest absolute Gasteiger partial charge is 0.222 e. The number of rotatable bonds is 5. The van der Waals surface area contributed by atoms with Crippen LogP contribution in [0.25, 0.3) is 0 Å². The molecule has 0 spiro atoms. The summed E-state index contributed by atoms with van der Waals surface area (Å²) in [4.78, 5) is 14.2. The number of aryl methyl sites for hydroxylation is 1. The number of benzene rings is 1. The Hall–Kier alpha value is -1.84. The number of carbonyl (C=O) groups is 1. The van der Waals surface area contributed by atoms with E-state index in [1.54, 1.807) is 0 Å². The predicted molar refractivity (Wildman–Crippen MR) is 83.6 cm³/mol. The topological polar surface area (TPSA) is 52.9 Å². The third-order valence-electron chi connectivity index (χ3n) is 4.22. The maximum Gasteiger partial charge on any atom is 0.222 e. The Morgan fingerprint density at radius 1 is 1.38 bits per heavy atom. The van der Waals surface area contributed by atoms with E-state index in [2.05, 4.69) is 24.2 Å².